The normalized spacial score (nSPS) is 15.6. The van der Waals surface area contributed by atoms with Gasteiger partial charge >= 0.3 is 5.97 Å². The molecule has 0 aromatic heterocycles. The van der Waals surface area contributed by atoms with Crippen LogP contribution in [0.25, 0.3) is 0 Å². The van der Waals surface area contributed by atoms with Gasteiger partial charge in [-0.1, -0.05) is 109 Å². The molecule has 0 fully saturated rings. The number of hydrogen-bond donors (Lipinski definition) is 6. The molecule has 0 rings (SSSR count). The van der Waals surface area contributed by atoms with E-state index in [1.54, 1.807) is 27.8 Å². The number of carbonyl (C=O) groups excluding carboxylic acids is 10. The third-order valence-corrected chi connectivity index (χ3v) is 15.5. The summed E-state index contributed by atoms with van der Waals surface area (Å²) in [6, 6.07) is -9.27. The van der Waals surface area contributed by atoms with E-state index in [2.05, 4.69) is 26.6 Å². The minimum absolute atomic E-state index is 0.0553. The number of allylic oxidation sites excluding steroid dienone is 2. The number of likely N-dealkylation sites (N-methyl/N-ethyl adjacent to an activating group) is 7. The topological polar surface area (TPSA) is 288 Å². The first kappa shape index (κ1) is 77.9. The van der Waals surface area contributed by atoms with Crippen LogP contribution in [0.3, 0.4) is 0 Å². The highest BCUT2D eigenvalue weighted by Crippen LogP contribution is 2.27. The SMILES string of the molecule is C/C=C/C[C@@H](C)C[C@@H](C(=O)N[C@@H](CC)C(=O)N(C)CC(=O)O)N(C)C(=O)CN(C)C(=O)[C@H](C(CC)C(C)C)N(C)C(=O)[C@H](CC(C)C)N(C)C(=O)[C@@H](C)NC(=O)[C@H](C)NC(=O)[C@H](CC(C)C)N(C)C(=O)C(NC(=O)[C@H](CC(C)C)NC)C(C)C. The molecular weight excluding hydrogens is 1080 g/mol. The van der Waals surface area contributed by atoms with Crippen LogP contribution >= 0.6 is 0 Å². The zero-order valence-electron chi connectivity index (χ0n) is 55.4. The second-order valence-electron chi connectivity index (χ2n) is 25.0. The summed E-state index contributed by atoms with van der Waals surface area (Å²) in [7, 11) is 10.3. The zero-order chi connectivity index (χ0) is 65.4. The molecule has 0 aliphatic rings. The molecule has 2 unspecified atom stereocenters. The van der Waals surface area contributed by atoms with Crippen LogP contribution in [-0.4, -0.2) is 216 Å². The molecule has 0 aliphatic heterocycles. The molecule has 23 nitrogen and oxygen atoms in total. The predicted octanol–water partition coefficient (Wildman–Crippen LogP) is 3.74. The van der Waals surface area contributed by atoms with Gasteiger partial charge in [0.25, 0.3) is 0 Å². The van der Waals surface area contributed by atoms with Gasteiger partial charge in [-0.3, -0.25) is 52.7 Å². The zero-order valence-corrected chi connectivity index (χ0v) is 55.4. The van der Waals surface area contributed by atoms with Crippen molar-refractivity contribution in [3.8, 4) is 0 Å². The average molecular weight is 1190 g/mol. The van der Waals surface area contributed by atoms with E-state index < -0.39 is 133 Å². The Morgan fingerprint density at radius 1 is 0.464 bits per heavy atom. The van der Waals surface area contributed by atoms with Crippen molar-refractivity contribution in [1.29, 1.82) is 0 Å². The first-order chi connectivity index (χ1) is 38.9. The van der Waals surface area contributed by atoms with Gasteiger partial charge in [0, 0.05) is 42.3 Å². The summed E-state index contributed by atoms with van der Waals surface area (Å²) in [6.45, 7) is 28.2. The van der Waals surface area contributed by atoms with Crippen LogP contribution in [0.2, 0.25) is 0 Å². The number of amides is 10. The van der Waals surface area contributed by atoms with Gasteiger partial charge in [-0.15, -0.1) is 0 Å². The maximum atomic E-state index is 15.0. The van der Waals surface area contributed by atoms with Gasteiger partial charge in [0.05, 0.1) is 12.6 Å². The first-order valence-electron chi connectivity index (χ1n) is 30.1. The summed E-state index contributed by atoms with van der Waals surface area (Å²) < 4.78 is 0. The number of hydrogen-bond acceptors (Lipinski definition) is 12. The molecule has 0 saturated heterocycles. The molecule has 0 aromatic rings. The Hall–Kier alpha value is -6.13. The maximum absolute atomic E-state index is 15.0. The summed E-state index contributed by atoms with van der Waals surface area (Å²) in [6.07, 6.45) is 6.15. The van der Waals surface area contributed by atoms with E-state index in [4.69, 9.17) is 0 Å². The molecule has 10 amide bonds. The lowest BCUT2D eigenvalue weighted by Crippen LogP contribution is -2.61. The third kappa shape index (κ3) is 24.5. The van der Waals surface area contributed by atoms with Gasteiger partial charge in [0.1, 0.15) is 54.9 Å². The summed E-state index contributed by atoms with van der Waals surface area (Å²) >= 11 is 0. The van der Waals surface area contributed by atoms with Crippen molar-refractivity contribution in [1.82, 2.24) is 56.0 Å². The lowest BCUT2D eigenvalue weighted by Gasteiger charge is -2.41. The Labute approximate surface area is 503 Å². The predicted molar refractivity (Wildman–Crippen MR) is 326 cm³/mol. The highest BCUT2D eigenvalue weighted by Gasteiger charge is 2.43. The highest BCUT2D eigenvalue weighted by molar-refractivity contribution is 5.98. The molecule has 0 spiro atoms. The molecule has 0 saturated carbocycles. The van der Waals surface area contributed by atoms with Gasteiger partial charge in [0.2, 0.25) is 59.1 Å². The van der Waals surface area contributed by atoms with Crippen molar-refractivity contribution in [2.75, 3.05) is 62.4 Å². The van der Waals surface area contributed by atoms with E-state index in [0.717, 1.165) is 4.90 Å². The van der Waals surface area contributed by atoms with Crippen molar-refractivity contribution >= 4 is 65.0 Å². The quantitative estimate of drug-likeness (QED) is 0.0484. The number of carboxylic acid groups (broad SMARTS) is 1. The molecule has 0 aromatic carbocycles. The Morgan fingerprint density at radius 3 is 1.42 bits per heavy atom. The van der Waals surface area contributed by atoms with Crippen LogP contribution in [0.5, 0.6) is 0 Å². The minimum Gasteiger partial charge on any atom is -0.480 e. The Balaban J connectivity index is 6.79. The Kier molecular flexibility index (Phi) is 34.6. The number of carbonyl (C=O) groups is 11. The van der Waals surface area contributed by atoms with Crippen LogP contribution in [0.1, 0.15) is 156 Å². The molecule has 0 aliphatic carbocycles. The number of carboxylic acids is 1. The largest absolute Gasteiger partial charge is 0.480 e. The van der Waals surface area contributed by atoms with E-state index in [0.29, 0.717) is 19.3 Å². The van der Waals surface area contributed by atoms with Crippen molar-refractivity contribution in [2.45, 2.75) is 210 Å². The second kappa shape index (κ2) is 37.3. The summed E-state index contributed by atoms with van der Waals surface area (Å²) in [5, 5.41) is 23.3. The van der Waals surface area contributed by atoms with Gasteiger partial charge in [-0.25, -0.2) is 0 Å². The monoisotopic (exact) mass is 1190 g/mol. The number of nitrogens with zero attached hydrogens (tertiary/aromatic N) is 6. The van der Waals surface area contributed by atoms with Gasteiger partial charge in [-0.2, -0.15) is 0 Å². The van der Waals surface area contributed by atoms with Crippen LogP contribution < -0.4 is 26.6 Å². The van der Waals surface area contributed by atoms with Crippen LogP contribution in [0.4, 0.5) is 0 Å². The van der Waals surface area contributed by atoms with Crippen molar-refractivity contribution in [3.63, 3.8) is 0 Å². The van der Waals surface area contributed by atoms with E-state index in [1.807, 2.05) is 88.3 Å². The third-order valence-electron chi connectivity index (χ3n) is 15.5. The molecule has 6 N–H and O–H groups in total. The van der Waals surface area contributed by atoms with Crippen LogP contribution in [0.15, 0.2) is 12.2 Å². The lowest BCUT2D eigenvalue weighted by atomic mass is 9.84. The standard InChI is InChI=1S/C61H111N11O12/c1-24-27-28-40(14)32-47(56(79)65-44(26-3)58(81)68(19)34-50(74)75)69(20)49(73)33-67(18)61(84)52(43(25-2)38(10)11)72(23)59(82)48(31-37(8)9)71(22)57(80)42(16)64-53(76)41(15)63-55(78)46(30-36(6)7)70(21)60(83)51(39(12)13)66-54(77)45(62-17)29-35(4)5/h24,27,35-48,51-52,62H,25-26,28-34H2,1-23H3,(H,63,78)(H,64,76)(H,65,79)(H,66,77)(H,74,75)/b27-24+/t40-,41+,42-,43?,44+,45+,46+,47+,48+,51?,52+/m1/s1. The van der Waals surface area contributed by atoms with Gasteiger partial charge in [0.15, 0.2) is 0 Å². The molecule has 482 valence electrons. The van der Waals surface area contributed by atoms with E-state index >= 15 is 0 Å². The first-order valence-corrected chi connectivity index (χ1v) is 30.1. The number of nitrogens with one attached hydrogen (secondary N) is 5. The van der Waals surface area contributed by atoms with Crippen molar-refractivity contribution < 1.29 is 57.8 Å². The summed E-state index contributed by atoms with van der Waals surface area (Å²) in [5.41, 5.74) is 0. The second-order valence-corrected chi connectivity index (χ2v) is 25.0. The smallest absolute Gasteiger partial charge is 0.323 e. The molecule has 23 heteroatoms. The fourth-order valence-electron chi connectivity index (χ4n) is 10.3. The summed E-state index contributed by atoms with van der Waals surface area (Å²) in [4.78, 5) is 160. The minimum atomic E-state index is -1.22. The van der Waals surface area contributed by atoms with Gasteiger partial charge in [-0.05, 0) is 108 Å². The van der Waals surface area contributed by atoms with Gasteiger partial charge < -0.3 is 61.1 Å². The summed E-state index contributed by atoms with van der Waals surface area (Å²) in [5.74, 6) is -7.88. The molecule has 0 bridgehead atoms. The Bertz CT molecular complexity index is 2220. The fraction of sp³-hybridized carbons (Fsp3) is 0.787. The van der Waals surface area contributed by atoms with Crippen molar-refractivity contribution in [2.24, 2.45) is 41.4 Å². The van der Waals surface area contributed by atoms with E-state index in [9.17, 15) is 57.8 Å². The number of aliphatic carboxylic acids is 1. The van der Waals surface area contributed by atoms with E-state index in [-0.39, 0.29) is 67.1 Å². The maximum Gasteiger partial charge on any atom is 0.323 e. The average Bonchev–Trinajstić information content (AvgIpc) is 3.41. The lowest BCUT2D eigenvalue weighted by molar-refractivity contribution is -0.154. The number of rotatable bonds is 37. The van der Waals surface area contributed by atoms with Crippen LogP contribution in [-0.2, 0) is 52.7 Å². The molecular formula is C61H111N11O12. The molecule has 0 radical (unpaired) electrons. The molecule has 11 atom stereocenters. The molecule has 0 heterocycles. The van der Waals surface area contributed by atoms with Crippen molar-refractivity contribution in [3.05, 3.63) is 12.2 Å². The molecule has 84 heavy (non-hydrogen) atoms. The highest BCUT2D eigenvalue weighted by atomic mass is 16.4. The Morgan fingerprint density at radius 2 is 0.952 bits per heavy atom. The van der Waals surface area contributed by atoms with Crippen LogP contribution in [0, 0.1) is 41.4 Å². The van der Waals surface area contributed by atoms with E-state index in [1.165, 1.54) is 80.6 Å². The fourth-order valence-corrected chi connectivity index (χ4v) is 10.3.